The van der Waals surface area contributed by atoms with Gasteiger partial charge in [0.15, 0.2) is 0 Å². The van der Waals surface area contributed by atoms with Crippen LogP contribution >= 0.6 is 15.9 Å². The smallest absolute Gasteiger partial charge is 0.0429 e. The van der Waals surface area contributed by atoms with Gasteiger partial charge in [0.05, 0.1) is 0 Å². The quantitative estimate of drug-likeness (QED) is 0.917. The fourth-order valence-electron chi connectivity index (χ4n) is 2.83. The minimum absolute atomic E-state index is 0.603. The Kier molecular flexibility index (Phi) is 5.25. The molecule has 1 saturated heterocycles. The number of halogens is 1. The van der Waals surface area contributed by atoms with Crippen LogP contribution in [0, 0.1) is 6.92 Å². The predicted molar refractivity (Wildman–Crippen MR) is 86.1 cm³/mol. The van der Waals surface area contributed by atoms with E-state index in [1.54, 1.807) is 0 Å². The lowest BCUT2D eigenvalue weighted by Crippen LogP contribution is -2.53. The Morgan fingerprint density at radius 2 is 2.16 bits per heavy atom. The van der Waals surface area contributed by atoms with Gasteiger partial charge in [0.25, 0.3) is 0 Å². The van der Waals surface area contributed by atoms with Crippen molar-refractivity contribution in [3.8, 4) is 0 Å². The van der Waals surface area contributed by atoms with E-state index in [0.29, 0.717) is 6.04 Å². The topological polar surface area (TPSA) is 18.5 Å². The van der Waals surface area contributed by atoms with Crippen molar-refractivity contribution in [3.05, 3.63) is 28.2 Å². The summed E-state index contributed by atoms with van der Waals surface area (Å²) in [6.07, 6.45) is 1.19. The van der Waals surface area contributed by atoms with Crippen LogP contribution in [-0.2, 0) is 0 Å². The molecule has 19 heavy (non-hydrogen) atoms. The van der Waals surface area contributed by atoms with Gasteiger partial charge in [0.1, 0.15) is 0 Å². The highest BCUT2D eigenvalue weighted by atomic mass is 79.9. The minimum atomic E-state index is 0.603. The van der Waals surface area contributed by atoms with Crippen LogP contribution in [0.25, 0.3) is 0 Å². The molecule has 1 unspecified atom stereocenters. The number of hydrogen-bond acceptors (Lipinski definition) is 3. The molecule has 1 fully saturated rings. The van der Waals surface area contributed by atoms with Gasteiger partial charge in [0, 0.05) is 35.8 Å². The number of aryl methyl sites for hydroxylation is 1. The maximum absolute atomic E-state index is 3.55. The second kappa shape index (κ2) is 6.73. The second-order valence-electron chi connectivity index (χ2n) is 5.43. The van der Waals surface area contributed by atoms with Crippen LogP contribution in [0.5, 0.6) is 0 Å². The summed E-state index contributed by atoms with van der Waals surface area (Å²) in [6.45, 7) is 6.69. The molecular weight excluding hydrogens is 302 g/mol. The third kappa shape index (κ3) is 3.71. The lowest BCUT2D eigenvalue weighted by Gasteiger charge is -2.42. The van der Waals surface area contributed by atoms with E-state index in [9.17, 15) is 0 Å². The first-order chi connectivity index (χ1) is 9.11. The first-order valence-electron chi connectivity index (χ1n) is 6.97. The first kappa shape index (κ1) is 14.8. The van der Waals surface area contributed by atoms with Crippen molar-refractivity contribution in [1.82, 2.24) is 10.2 Å². The van der Waals surface area contributed by atoms with Crippen molar-refractivity contribution in [2.75, 3.05) is 45.2 Å². The zero-order valence-electron chi connectivity index (χ0n) is 12.1. The van der Waals surface area contributed by atoms with Crippen LogP contribution in [0.4, 0.5) is 5.69 Å². The summed E-state index contributed by atoms with van der Waals surface area (Å²) in [5.41, 5.74) is 2.74. The van der Waals surface area contributed by atoms with Gasteiger partial charge < -0.3 is 15.1 Å². The lowest BCUT2D eigenvalue weighted by atomic mass is 10.1. The van der Waals surface area contributed by atoms with Crippen LogP contribution in [-0.4, -0.2) is 51.2 Å². The molecule has 4 heteroatoms. The number of hydrogen-bond donors (Lipinski definition) is 1. The zero-order chi connectivity index (χ0) is 13.8. The maximum atomic E-state index is 3.55. The van der Waals surface area contributed by atoms with E-state index in [4.69, 9.17) is 0 Å². The van der Waals surface area contributed by atoms with Crippen molar-refractivity contribution in [3.63, 3.8) is 0 Å². The van der Waals surface area contributed by atoms with Gasteiger partial charge in [-0.25, -0.2) is 0 Å². The van der Waals surface area contributed by atoms with Gasteiger partial charge in [-0.15, -0.1) is 0 Å². The molecule has 1 heterocycles. The van der Waals surface area contributed by atoms with E-state index in [2.05, 4.69) is 63.2 Å². The fourth-order valence-corrected chi connectivity index (χ4v) is 3.30. The zero-order valence-corrected chi connectivity index (χ0v) is 13.7. The van der Waals surface area contributed by atoms with Gasteiger partial charge in [-0.05, 0) is 57.7 Å². The molecule has 0 aliphatic carbocycles. The maximum Gasteiger partial charge on any atom is 0.0429 e. The molecule has 0 radical (unpaired) electrons. The Morgan fingerprint density at radius 1 is 1.37 bits per heavy atom. The molecule has 106 valence electrons. The molecule has 1 N–H and O–H groups in total. The Bertz CT molecular complexity index is 422. The molecule has 1 aromatic rings. The highest BCUT2D eigenvalue weighted by Crippen LogP contribution is 2.27. The number of nitrogens with one attached hydrogen (secondary N) is 1. The number of likely N-dealkylation sites (N-methyl/N-ethyl adjacent to an activating group) is 1. The molecule has 1 atom stereocenters. The van der Waals surface area contributed by atoms with E-state index in [1.807, 2.05) is 7.05 Å². The van der Waals surface area contributed by atoms with Gasteiger partial charge in [-0.3, -0.25) is 0 Å². The average Bonchev–Trinajstić information content (AvgIpc) is 2.37. The average molecular weight is 326 g/mol. The number of piperazine rings is 1. The van der Waals surface area contributed by atoms with Crippen LogP contribution in [0.15, 0.2) is 22.7 Å². The molecule has 1 aliphatic heterocycles. The van der Waals surface area contributed by atoms with E-state index in [1.165, 1.54) is 17.7 Å². The molecule has 0 spiro atoms. The normalized spacial score (nSPS) is 20.8. The minimum Gasteiger partial charge on any atom is -0.366 e. The third-order valence-corrected chi connectivity index (χ3v) is 4.37. The molecule has 1 aromatic carbocycles. The standard InChI is InChI=1S/C15H24BrN3/c1-12-10-13(16)4-5-15(12)19-9-8-18(3)11-14(19)6-7-17-2/h4-5,10,14,17H,6-9,11H2,1-3H3. The summed E-state index contributed by atoms with van der Waals surface area (Å²) >= 11 is 3.55. The summed E-state index contributed by atoms with van der Waals surface area (Å²) in [5.74, 6) is 0. The van der Waals surface area contributed by atoms with Crippen LogP contribution < -0.4 is 10.2 Å². The Hall–Kier alpha value is -0.580. The van der Waals surface area contributed by atoms with Crippen LogP contribution in [0.1, 0.15) is 12.0 Å². The molecule has 0 aromatic heterocycles. The van der Waals surface area contributed by atoms with E-state index in [-0.39, 0.29) is 0 Å². The Morgan fingerprint density at radius 3 is 2.84 bits per heavy atom. The molecule has 0 bridgehead atoms. The van der Waals surface area contributed by atoms with Crippen LogP contribution in [0.3, 0.4) is 0 Å². The Balaban J connectivity index is 2.19. The fraction of sp³-hybridized carbons (Fsp3) is 0.600. The summed E-state index contributed by atoms with van der Waals surface area (Å²) < 4.78 is 1.16. The summed E-state index contributed by atoms with van der Waals surface area (Å²) in [6, 6.07) is 7.21. The van der Waals surface area contributed by atoms with Crippen molar-refractivity contribution in [2.24, 2.45) is 0 Å². The lowest BCUT2D eigenvalue weighted by molar-refractivity contribution is 0.260. The van der Waals surface area contributed by atoms with E-state index in [0.717, 1.165) is 30.7 Å². The van der Waals surface area contributed by atoms with Gasteiger partial charge in [-0.1, -0.05) is 15.9 Å². The van der Waals surface area contributed by atoms with Crippen molar-refractivity contribution >= 4 is 21.6 Å². The molecule has 1 aliphatic rings. The molecular formula is C15H24BrN3. The van der Waals surface area contributed by atoms with Crippen molar-refractivity contribution < 1.29 is 0 Å². The molecule has 0 amide bonds. The van der Waals surface area contributed by atoms with Gasteiger partial charge in [0.2, 0.25) is 0 Å². The number of rotatable bonds is 4. The van der Waals surface area contributed by atoms with Crippen molar-refractivity contribution in [1.29, 1.82) is 0 Å². The largest absolute Gasteiger partial charge is 0.366 e. The Labute approximate surface area is 125 Å². The SMILES string of the molecule is CNCCC1CN(C)CCN1c1ccc(Br)cc1C. The van der Waals surface area contributed by atoms with Crippen LogP contribution in [0.2, 0.25) is 0 Å². The van der Waals surface area contributed by atoms with Gasteiger partial charge in [-0.2, -0.15) is 0 Å². The van der Waals surface area contributed by atoms with Crippen molar-refractivity contribution in [2.45, 2.75) is 19.4 Å². The summed E-state index contributed by atoms with van der Waals surface area (Å²) in [5, 5.41) is 3.27. The molecule has 3 nitrogen and oxygen atoms in total. The summed E-state index contributed by atoms with van der Waals surface area (Å²) in [4.78, 5) is 5.02. The van der Waals surface area contributed by atoms with Gasteiger partial charge >= 0.3 is 0 Å². The predicted octanol–water partition coefficient (Wildman–Crippen LogP) is 2.49. The number of anilines is 1. The third-order valence-electron chi connectivity index (χ3n) is 3.88. The monoisotopic (exact) mass is 325 g/mol. The van der Waals surface area contributed by atoms with E-state index >= 15 is 0 Å². The highest BCUT2D eigenvalue weighted by Gasteiger charge is 2.25. The highest BCUT2D eigenvalue weighted by molar-refractivity contribution is 9.10. The number of benzene rings is 1. The number of nitrogens with zero attached hydrogens (tertiary/aromatic N) is 2. The summed E-state index contributed by atoms with van der Waals surface area (Å²) in [7, 11) is 4.25. The molecule has 0 saturated carbocycles. The molecule has 2 rings (SSSR count). The second-order valence-corrected chi connectivity index (χ2v) is 6.35. The first-order valence-corrected chi connectivity index (χ1v) is 7.77. The van der Waals surface area contributed by atoms with E-state index < -0.39 is 0 Å².